The minimum Gasteiger partial charge on any atom is -0.328 e. The highest BCUT2D eigenvalue weighted by molar-refractivity contribution is 4.78. The van der Waals surface area contributed by atoms with Crippen LogP contribution in [0.2, 0.25) is 0 Å². The van der Waals surface area contributed by atoms with Crippen molar-refractivity contribution in [3.63, 3.8) is 0 Å². The van der Waals surface area contributed by atoms with Gasteiger partial charge in [-0.2, -0.15) is 0 Å². The Hall–Kier alpha value is -0.120. The summed E-state index contributed by atoms with van der Waals surface area (Å²) < 4.78 is 0. The van der Waals surface area contributed by atoms with Crippen LogP contribution in [0.4, 0.5) is 0 Å². The van der Waals surface area contributed by atoms with Crippen molar-refractivity contribution in [2.24, 2.45) is 11.1 Å². The highest BCUT2D eigenvalue weighted by atomic mass is 15.2. The second kappa shape index (κ2) is 6.88. The third-order valence-electron chi connectivity index (χ3n) is 4.04. The molecule has 0 saturated carbocycles. The predicted octanol–water partition coefficient (Wildman–Crippen LogP) is 2.17. The van der Waals surface area contributed by atoms with E-state index in [4.69, 9.17) is 5.73 Å². The Balaban J connectivity index is 2.22. The molecule has 2 N–H and O–H groups in total. The molecule has 0 aromatic rings. The van der Waals surface area contributed by atoms with Crippen LogP contribution in [0.25, 0.3) is 0 Å². The number of piperidine rings is 1. The largest absolute Gasteiger partial charge is 0.328 e. The Kier molecular flexibility index (Phi) is 6.09. The molecular weight excluding hydrogens is 222 g/mol. The molecule has 0 aliphatic carbocycles. The van der Waals surface area contributed by atoms with Crippen molar-refractivity contribution in [3.8, 4) is 0 Å². The van der Waals surface area contributed by atoms with Crippen LogP contribution >= 0.6 is 0 Å². The topological polar surface area (TPSA) is 32.5 Å². The molecule has 0 radical (unpaired) electrons. The lowest BCUT2D eigenvalue weighted by Crippen LogP contribution is -2.43. The molecule has 1 rings (SSSR count). The van der Waals surface area contributed by atoms with E-state index in [2.05, 4.69) is 44.7 Å². The summed E-state index contributed by atoms with van der Waals surface area (Å²) in [5, 5.41) is 0. The third kappa shape index (κ3) is 6.17. The Morgan fingerprint density at radius 3 is 2.33 bits per heavy atom. The molecule has 1 atom stereocenters. The smallest absolute Gasteiger partial charge is 0.0117 e. The van der Waals surface area contributed by atoms with Gasteiger partial charge in [-0.25, -0.2) is 0 Å². The number of hydrogen-bond donors (Lipinski definition) is 1. The van der Waals surface area contributed by atoms with Crippen molar-refractivity contribution in [1.82, 2.24) is 9.80 Å². The van der Waals surface area contributed by atoms with Crippen molar-refractivity contribution in [2.75, 3.05) is 33.7 Å². The van der Waals surface area contributed by atoms with Gasteiger partial charge in [0.15, 0.2) is 0 Å². The van der Waals surface area contributed by atoms with Crippen LogP contribution in [0, 0.1) is 5.41 Å². The van der Waals surface area contributed by atoms with Gasteiger partial charge < -0.3 is 15.5 Å². The van der Waals surface area contributed by atoms with E-state index in [9.17, 15) is 0 Å². The number of hydrogen-bond acceptors (Lipinski definition) is 3. The molecule has 108 valence electrons. The maximum atomic E-state index is 6.22. The maximum absolute atomic E-state index is 6.22. The quantitative estimate of drug-likeness (QED) is 0.817. The van der Waals surface area contributed by atoms with Crippen LogP contribution in [0.1, 0.15) is 46.5 Å². The molecule has 1 aliphatic heterocycles. The van der Waals surface area contributed by atoms with Gasteiger partial charge >= 0.3 is 0 Å². The SMILES string of the molecule is CN1CCC(N(C)CCC(N)CC(C)(C)C)CC1. The first-order valence-electron chi connectivity index (χ1n) is 7.42. The lowest BCUT2D eigenvalue weighted by atomic mass is 9.87. The Morgan fingerprint density at radius 1 is 1.28 bits per heavy atom. The number of nitrogens with zero attached hydrogens (tertiary/aromatic N) is 2. The fraction of sp³-hybridized carbons (Fsp3) is 1.00. The summed E-state index contributed by atoms with van der Waals surface area (Å²) in [6.45, 7) is 10.4. The molecule has 0 amide bonds. The first-order chi connectivity index (χ1) is 8.28. The Labute approximate surface area is 114 Å². The molecule has 18 heavy (non-hydrogen) atoms. The number of nitrogens with two attached hydrogens (primary N) is 1. The predicted molar refractivity (Wildman–Crippen MR) is 79.8 cm³/mol. The van der Waals surface area contributed by atoms with Crippen LogP contribution in [0.5, 0.6) is 0 Å². The van der Waals surface area contributed by atoms with Crippen molar-refractivity contribution < 1.29 is 0 Å². The summed E-state index contributed by atoms with van der Waals surface area (Å²) in [5.41, 5.74) is 6.58. The van der Waals surface area contributed by atoms with E-state index in [1.165, 1.54) is 25.9 Å². The van der Waals surface area contributed by atoms with E-state index in [0.717, 1.165) is 25.4 Å². The van der Waals surface area contributed by atoms with E-state index < -0.39 is 0 Å². The van der Waals surface area contributed by atoms with Gasteiger partial charge in [0.25, 0.3) is 0 Å². The number of rotatable bonds is 5. The highest BCUT2D eigenvalue weighted by Gasteiger charge is 2.21. The summed E-state index contributed by atoms with van der Waals surface area (Å²) in [4.78, 5) is 4.95. The summed E-state index contributed by atoms with van der Waals surface area (Å²) >= 11 is 0. The summed E-state index contributed by atoms with van der Waals surface area (Å²) in [5.74, 6) is 0. The van der Waals surface area contributed by atoms with Gasteiger partial charge in [0.1, 0.15) is 0 Å². The van der Waals surface area contributed by atoms with Gasteiger partial charge in [-0.15, -0.1) is 0 Å². The zero-order chi connectivity index (χ0) is 13.8. The normalized spacial score (nSPS) is 21.5. The zero-order valence-corrected chi connectivity index (χ0v) is 13.1. The van der Waals surface area contributed by atoms with Crippen LogP contribution < -0.4 is 5.73 Å². The molecule has 3 nitrogen and oxygen atoms in total. The number of likely N-dealkylation sites (tertiary alicyclic amines) is 1. The average Bonchev–Trinajstić information content (AvgIpc) is 2.24. The second-order valence-electron chi connectivity index (χ2n) is 7.33. The average molecular weight is 255 g/mol. The van der Waals surface area contributed by atoms with Crippen molar-refractivity contribution in [3.05, 3.63) is 0 Å². The molecular formula is C15H33N3. The van der Waals surface area contributed by atoms with E-state index in [1.54, 1.807) is 0 Å². The molecule has 1 unspecified atom stereocenters. The first-order valence-corrected chi connectivity index (χ1v) is 7.42. The summed E-state index contributed by atoms with van der Waals surface area (Å²) in [6.07, 6.45) is 4.86. The lowest BCUT2D eigenvalue weighted by Gasteiger charge is -2.35. The minimum absolute atomic E-state index is 0.346. The molecule has 1 saturated heterocycles. The zero-order valence-electron chi connectivity index (χ0n) is 13.1. The van der Waals surface area contributed by atoms with Crippen molar-refractivity contribution >= 4 is 0 Å². The highest BCUT2D eigenvalue weighted by Crippen LogP contribution is 2.21. The summed E-state index contributed by atoms with van der Waals surface area (Å²) in [7, 11) is 4.48. The van der Waals surface area contributed by atoms with Gasteiger partial charge in [0.2, 0.25) is 0 Å². The molecule has 1 heterocycles. The molecule has 3 heteroatoms. The molecule has 0 aromatic heterocycles. The fourth-order valence-corrected chi connectivity index (χ4v) is 2.88. The van der Waals surface area contributed by atoms with Crippen molar-refractivity contribution in [2.45, 2.75) is 58.5 Å². The van der Waals surface area contributed by atoms with E-state index >= 15 is 0 Å². The fourth-order valence-electron chi connectivity index (χ4n) is 2.88. The standard InChI is InChI=1S/C15H33N3/c1-15(2,3)12-13(16)6-11-18(5)14-7-9-17(4)10-8-14/h13-14H,6-12,16H2,1-5H3. The van der Waals surface area contributed by atoms with E-state index in [1.807, 2.05) is 0 Å². The molecule has 1 aliphatic rings. The Morgan fingerprint density at radius 2 is 1.83 bits per heavy atom. The second-order valence-corrected chi connectivity index (χ2v) is 7.33. The minimum atomic E-state index is 0.346. The van der Waals surface area contributed by atoms with Crippen molar-refractivity contribution in [1.29, 1.82) is 0 Å². The van der Waals surface area contributed by atoms with Crippen LogP contribution in [0.3, 0.4) is 0 Å². The summed E-state index contributed by atoms with van der Waals surface area (Å²) in [6, 6.07) is 1.11. The molecule has 1 fully saturated rings. The van der Waals surface area contributed by atoms with E-state index in [-0.39, 0.29) is 0 Å². The van der Waals surface area contributed by atoms with E-state index in [0.29, 0.717) is 11.5 Å². The van der Waals surface area contributed by atoms with Crippen LogP contribution in [-0.2, 0) is 0 Å². The van der Waals surface area contributed by atoms with Crippen LogP contribution in [0.15, 0.2) is 0 Å². The third-order valence-corrected chi connectivity index (χ3v) is 4.04. The molecule has 0 spiro atoms. The first kappa shape index (κ1) is 15.9. The molecule has 0 aromatic carbocycles. The molecule has 0 bridgehead atoms. The van der Waals surface area contributed by atoms with Gasteiger partial charge in [0.05, 0.1) is 0 Å². The maximum Gasteiger partial charge on any atom is 0.0117 e. The van der Waals surface area contributed by atoms with Gasteiger partial charge in [-0.3, -0.25) is 0 Å². The van der Waals surface area contributed by atoms with Gasteiger partial charge in [-0.1, -0.05) is 20.8 Å². The van der Waals surface area contributed by atoms with Gasteiger partial charge in [0, 0.05) is 12.1 Å². The monoisotopic (exact) mass is 255 g/mol. The Bertz CT molecular complexity index is 226. The van der Waals surface area contributed by atoms with Gasteiger partial charge in [-0.05, 0) is 64.8 Å². The lowest BCUT2D eigenvalue weighted by molar-refractivity contribution is 0.139. The van der Waals surface area contributed by atoms with Crippen LogP contribution in [-0.4, -0.2) is 55.6 Å².